The monoisotopic (exact) mass is 508 g/mol. The summed E-state index contributed by atoms with van der Waals surface area (Å²) in [4.78, 5) is 12.7. The first-order valence-electron chi connectivity index (χ1n) is 10.5. The van der Waals surface area contributed by atoms with Gasteiger partial charge in [-0.3, -0.25) is 10.1 Å². The number of nitrogens with one attached hydrogen (secondary N) is 1. The highest BCUT2D eigenvalue weighted by Crippen LogP contribution is 2.28. The third-order valence-corrected chi connectivity index (χ3v) is 8.53. The Morgan fingerprint density at radius 2 is 1.79 bits per heavy atom. The fourth-order valence-electron chi connectivity index (χ4n) is 3.04. The standard InChI is InChI=1S/C22H25FN4O3S3/c1-3-12-27(13-4-2)33(29,30)19-10-8-17(9-11-19)20(28)24-21-25-26-22(32-21)31-15-16-6-5-7-18(23)14-16/h5-11,14H,3-4,12-13,15H2,1-2H3,(H,24,25,28). The van der Waals surface area contributed by atoms with Crippen molar-refractivity contribution in [2.75, 3.05) is 18.4 Å². The van der Waals surface area contributed by atoms with Crippen molar-refractivity contribution >= 4 is 44.2 Å². The first kappa shape index (κ1) is 25.3. The van der Waals surface area contributed by atoms with E-state index in [2.05, 4.69) is 15.5 Å². The molecule has 1 aromatic heterocycles. The smallest absolute Gasteiger partial charge is 0.257 e. The van der Waals surface area contributed by atoms with E-state index in [1.165, 1.54) is 63.8 Å². The zero-order valence-corrected chi connectivity index (χ0v) is 20.8. The largest absolute Gasteiger partial charge is 0.296 e. The minimum Gasteiger partial charge on any atom is -0.296 e. The van der Waals surface area contributed by atoms with Crippen molar-refractivity contribution < 1.29 is 17.6 Å². The second-order valence-corrected chi connectivity index (χ2v) is 11.3. The van der Waals surface area contributed by atoms with Crippen LogP contribution < -0.4 is 5.32 Å². The van der Waals surface area contributed by atoms with Gasteiger partial charge in [-0.15, -0.1) is 10.2 Å². The predicted molar refractivity (Wildman–Crippen MR) is 130 cm³/mol. The van der Waals surface area contributed by atoms with Crippen molar-refractivity contribution in [3.8, 4) is 0 Å². The normalized spacial score (nSPS) is 11.6. The van der Waals surface area contributed by atoms with Crippen LogP contribution in [0.5, 0.6) is 0 Å². The number of benzene rings is 2. The Bertz CT molecular complexity index is 1180. The molecule has 7 nitrogen and oxygen atoms in total. The van der Waals surface area contributed by atoms with E-state index in [0.29, 0.717) is 33.9 Å². The molecule has 3 rings (SSSR count). The zero-order chi connectivity index (χ0) is 23.8. The first-order chi connectivity index (χ1) is 15.8. The van der Waals surface area contributed by atoms with Crippen LogP contribution >= 0.6 is 23.1 Å². The lowest BCUT2D eigenvalue weighted by atomic mass is 10.2. The van der Waals surface area contributed by atoms with Crippen LogP contribution in [0.1, 0.15) is 42.6 Å². The molecule has 1 heterocycles. The second-order valence-electron chi connectivity index (χ2n) is 7.17. The molecular weight excluding hydrogens is 483 g/mol. The van der Waals surface area contributed by atoms with Gasteiger partial charge >= 0.3 is 0 Å². The van der Waals surface area contributed by atoms with Crippen LogP contribution in [0.2, 0.25) is 0 Å². The summed E-state index contributed by atoms with van der Waals surface area (Å²) in [5.41, 5.74) is 1.14. The molecule has 0 aliphatic rings. The molecule has 1 amide bonds. The molecule has 0 aliphatic heterocycles. The average Bonchev–Trinajstić information content (AvgIpc) is 3.25. The Kier molecular flexibility index (Phi) is 8.95. The summed E-state index contributed by atoms with van der Waals surface area (Å²) >= 11 is 2.61. The Morgan fingerprint density at radius 3 is 2.42 bits per heavy atom. The van der Waals surface area contributed by atoms with Gasteiger partial charge in [0.25, 0.3) is 5.91 Å². The lowest BCUT2D eigenvalue weighted by Crippen LogP contribution is -2.32. The van der Waals surface area contributed by atoms with E-state index in [1.54, 1.807) is 6.07 Å². The minimum atomic E-state index is -3.60. The van der Waals surface area contributed by atoms with Gasteiger partial charge in [0.1, 0.15) is 5.82 Å². The summed E-state index contributed by atoms with van der Waals surface area (Å²) in [5.74, 6) is -0.167. The van der Waals surface area contributed by atoms with Gasteiger partial charge in [0.15, 0.2) is 4.34 Å². The Hall–Kier alpha value is -2.34. The summed E-state index contributed by atoms with van der Waals surface area (Å²) in [6.07, 6.45) is 1.45. The molecule has 3 aromatic rings. The van der Waals surface area contributed by atoms with Gasteiger partial charge in [-0.1, -0.05) is 49.1 Å². The molecular formula is C22H25FN4O3S3. The molecule has 176 valence electrons. The third-order valence-electron chi connectivity index (χ3n) is 4.58. The number of rotatable bonds is 11. The number of anilines is 1. The van der Waals surface area contributed by atoms with E-state index < -0.39 is 15.9 Å². The summed E-state index contributed by atoms with van der Waals surface area (Å²) < 4.78 is 41.1. The molecule has 0 radical (unpaired) electrons. The van der Waals surface area contributed by atoms with Crippen LogP contribution in [0.25, 0.3) is 0 Å². The lowest BCUT2D eigenvalue weighted by molar-refractivity contribution is 0.102. The van der Waals surface area contributed by atoms with Crippen molar-refractivity contribution in [2.45, 2.75) is 41.7 Å². The summed E-state index contributed by atoms with van der Waals surface area (Å²) in [7, 11) is -3.60. The van der Waals surface area contributed by atoms with E-state index in [0.717, 1.165) is 18.4 Å². The molecule has 11 heteroatoms. The van der Waals surface area contributed by atoms with E-state index >= 15 is 0 Å². The molecule has 0 spiro atoms. The van der Waals surface area contributed by atoms with Crippen LogP contribution in [-0.4, -0.2) is 41.9 Å². The van der Waals surface area contributed by atoms with E-state index in [4.69, 9.17) is 0 Å². The number of carbonyl (C=O) groups is 1. The SMILES string of the molecule is CCCN(CCC)S(=O)(=O)c1ccc(C(=O)Nc2nnc(SCc3cccc(F)c3)s2)cc1. The topological polar surface area (TPSA) is 92.3 Å². The van der Waals surface area contributed by atoms with Crippen LogP contribution in [0.3, 0.4) is 0 Å². The lowest BCUT2D eigenvalue weighted by Gasteiger charge is -2.21. The van der Waals surface area contributed by atoms with Crippen LogP contribution in [0.15, 0.2) is 57.8 Å². The first-order valence-corrected chi connectivity index (χ1v) is 13.7. The van der Waals surface area contributed by atoms with E-state index in [1.807, 2.05) is 19.9 Å². The number of amides is 1. The highest BCUT2D eigenvalue weighted by atomic mass is 32.2. The Labute approximate surface area is 201 Å². The van der Waals surface area contributed by atoms with Gasteiger partial charge in [-0.25, -0.2) is 12.8 Å². The van der Waals surface area contributed by atoms with Crippen molar-refractivity contribution in [1.82, 2.24) is 14.5 Å². The van der Waals surface area contributed by atoms with Crippen LogP contribution in [0, 0.1) is 5.82 Å². The van der Waals surface area contributed by atoms with Gasteiger partial charge in [0.2, 0.25) is 15.2 Å². The Morgan fingerprint density at radius 1 is 1.09 bits per heavy atom. The molecule has 0 fully saturated rings. The van der Waals surface area contributed by atoms with Gasteiger partial charge in [-0.05, 0) is 54.8 Å². The fraction of sp³-hybridized carbons (Fsp3) is 0.318. The number of nitrogens with zero attached hydrogens (tertiary/aromatic N) is 3. The molecule has 33 heavy (non-hydrogen) atoms. The maximum atomic E-state index is 13.3. The van der Waals surface area contributed by atoms with Crippen LogP contribution in [-0.2, 0) is 15.8 Å². The molecule has 0 saturated carbocycles. The number of carbonyl (C=O) groups excluding carboxylic acids is 1. The van der Waals surface area contributed by atoms with Crippen molar-refractivity contribution in [3.63, 3.8) is 0 Å². The van der Waals surface area contributed by atoms with Crippen molar-refractivity contribution in [2.24, 2.45) is 0 Å². The summed E-state index contributed by atoms with van der Waals surface area (Å²) in [6, 6.07) is 12.2. The minimum absolute atomic E-state index is 0.160. The molecule has 0 bridgehead atoms. The quantitative estimate of drug-likeness (QED) is 0.288. The fourth-order valence-corrected chi connectivity index (χ4v) is 6.35. The molecule has 0 atom stereocenters. The molecule has 2 aromatic carbocycles. The molecule has 0 aliphatic carbocycles. The molecule has 0 saturated heterocycles. The molecule has 1 N–H and O–H groups in total. The highest BCUT2D eigenvalue weighted by Gasteiger charge is 2.23. The number of thioether (sulfide) groups is 1. The number of hydrogen-bond donors (Lipinski definition) is 1. The maximum absolute atomic E-state index is 13.3. The maximum Gasteiger partial charge on any atom is 0.257 e. The van der Waals surface area contributed by atoms with Gasteiger partial charge in [-0.2, -0.15) is 4.31 Å². The second kappa shape index (κ2) is 11.7. The number of sulfonamides is 1. The van der Waals surface area contributed by atoms with Crippen LogP contribution in [0.4, 0.5) is 9.52 Å². The predicted octanol–water partition coefficient (Wildman–Crippen LogP) is 5.03. The molecule has 0 unspecified atom stereocenters. The van der Waals surface area contributed by atoms with Gasteiger partial charge in [0.05, 0.1) is 4.90 Å². The average molecular weight is 509 g/mol. The van der Waals surface area contributed by atoms with Crippen molar-refractivity contribution in [3.05, 3.63) is 65.5 Å². The van der Waals surface area contributed by atoms with Gasteiger partial charge in [0, 0.05) is 24.4 Å². The third kappa shape index (κ3) is 6.83. The zero-order valence-electron chi connectivity index (χ0n) is 18.3. The number of halogens is 1. The van der Waals surface area contributed by atoms with E-state index in [9.17, 15) is 17.6 Å². The number of hydrogen-bond acceptors (Lipinski definition) is 7. The summed E-state index contributed by atoms with van der Waals surface area (Å²) in [6.45, 7) is 4.78. The van der Waals surface area contributed by atoms with Gasteiger partial charge < -0.3 is 0 Å². The van der Waals surface area contributed by atoms with Crippen molar-refractivity contribution in [1.29, 1.82) is 0 Å². The number of aromatic nitrogens is 2. The Balaban J connectivity index is 1.62. The highest BCUT2D eigenvalue weighted by molar-refractivity contribution is 8.00. The van der Waals surface area contributed by atoms with E-state index in [-0.39, 0.29) is 10.7 Å². The summed E-state index contributed by atoms with van der Waals surface area (Å²) in [5, 5.41) is 11.0.